The SMILES string of the molecule is Nc1c(S(=O)(=O)c2ccccc2)cnc2nc3ccccc3n12. The van der Waals surface area contributed by atoms with Crippen LogP contribution in [0.25, 0.3) is 16.8 Å². The van der Waals surface area contributed by atoms with Crippen molar-refractivity contribution in [3.8, 4) is 0 Å². The lowest BCUT2D eigenvalue weighted by atomic mass is 10.3. The molecule has 0 radical (unpaired) electrons. The quantitative estimate of drug-likeness (QED) is 0.611. The van der Waals surface area contributed by atoms with Crippen LogP contribution in [0.15, 0.2) is 70.6 Å². The molecule has 2 N–H and O–H groups in total. The van der Waals surface area contributed by atoms with Crippen molar-refractivity contribution in [1.29, 1.82) is 0 Å². The van der Waals surface area contributed by atoms with Crippen molar-refractivity contribution < 1.29 is 8.42 Å². The minimum absolute atomic E-state index is 0.0284. The molecule has 0 spiro atoms. The largest absolute Gasteiger partial charge is 0.384 e. The van der Waals surface area contributed by atoms with Gasteiger partial charge in [-0.25, -0.2) is 18.4 Å². The van der Waals surface area contributed by atoms with Gasteiger partial charge in [-0.15, -0.1) is 0 Å². The monoisotopic (exact) mass is 324 g/mol. The Morgan fingerprint density at radius 3 is 2.43 bits per heavy atom. The molecule has 0 aliphatic heterocycles. The molecule has 114 valence electrons. The lowest BCUT2D eigenvalue weighted by Crippen LogP contribution is -2.10. The highest BCUT2D eigenvalue weighted by molar-refractivity contribution is 7.91. The smallest absolute Gasteiger partial charge is 0.236 e. The first-order valence-corrected chi connectivity index (χ1v) is 8.39. The van der Waals surface area contributed by atoms with E-state index in [1.807, 2.05) is 24.3 Å². The number of fused-ring (bicyclic) bond motifs is 3. The topological polar surface area (TPSA) is 90.4 Å². The molecule has 23 heavy (non-hydrogen) atoms. The number of hydrogen-bond donors (Lipinski definition) is 1. The van der Waals surface area contributed by atoms with Crippen LogP contribution >= 0.6 is 0 Å². The Labute approximate surface area is 132 Å². The first-order valence-electron chi connectivity index (χ1n) is 6.91. The van der Waals surface area contributed by atoms with Crippen molar-refractivity contribution in [3.05, 3.63) is 60.8 Å². The number of anilines is 1. The van der Waals surface area contributed by atoms with Gasteiger partial charge in [0.2, 0.25) is 15.6 Å². The molecule has 2 heterocycles. The van der Waals surface area contributed by atoms with E-state index in [1.54, 1.807) is 22.6 Å². The normalized spacial score (nSPS) is 12.0. The Kier molecular flexibility index (Phi) is 2.85. The third-order valence-electron chi connectivity index (χ3n) is 3.68. The summed E-state index contributed by atoms with van der Waals surface area (Å²) in [6.45, 7) is 0. The number of hydrogen-bond acceptors (Lipinski definition) is 5. The van der Waals surface area contributed by atoms with Gasteiger partial charge in [-0.1, -0.05) is 30.3 Å². The zero-order chi connectivity index (χ0) is 16.0. The summed E-state index contributed by atoms with van der Waals surface area (Å²) in [5.74, 6) is 0.475. The zero-order valence-corrected chi connectivity index (χ0v) is 12.7. The van der Waals surface area contributed by atoms with Crippen molar-refractivity contribution in [3.63, 3.8) is 0 Å². The average molecular weight is 324 g/mol. The highest BCUT2D eigenvalue weighted by Gasteiger charge is 2.23. The van der Waals surface area contributed by atoms with E-state index in [9.17, 15) is 8.42 Å². The van der Waals surface area contributed by atoms with E-state index in [0.717, 1.165) is 5.52 Å². The van der Waals surface area contributed by atoms with Crippen LogP contribution in [0.5, 0.6) is 0 Å². The van der Waals surface area contributed by atoms with E-state index >= 15 is 0 Å². The predicted molar refractivity (Wildman–Crippen MR) is 86.8 cm³/mol. The second kappa shape index (κ2) is 4.79. The predicted octanol–water partition coefficient (Wildman–Crippen LogP) is 2.30. The molecule has 0 saturated heterocycles. The van der Waals surface area contributed by atoms with Crippen LogP contribution in [-0.4, -0.2) is 22.8 Å². The number of para-hydroxylation sites is 2. The first-order chi connectivity index (χ1) is 11.1. The fourth-order valence-corrected chi connectivity index (χ4v) is 3.89. The summed E-state index contributed by atoms with van der Waals surface area (Å²) in [5, 5.41) is 0. The average Bonchev–Trinajstić information content (AvgIpc) is 2.95. The van der Waals surface area contributed by atoms with E-state index in [-0.39, 0.29) is 15.6 Å². The van der Waals surface area contributed by atoms with Crippen molar-refractivity contribution in [2.24, 2.45) is 0 Å². The number of rotatable bonds is 2. The summed E-state index contributed by atoms with van der Waals surface area (Å²) < 4.78 is 27.2. The Morgan fingerprint density at radius 2 is 1.65 bits per heavy atom. The number of imidazole rings is 1. The van der Waals surface area contributed by atoms with Crippen molar-refractivity contribution in [1.82, 2.24) is 14.4 Å². The van der Waals surface area contributed by atoms with Crippen LogP contribution < -0.4 is 5.73 Å². The van der Waals surface area contributed by atoms with Crippen molar-refractivity contribution in [2.45, 2.75) is 9.79 Å². The van der Waals surface area contributed by atoms with Crippen LogP contribution in [0.1, 0.15) is 0 Å². The molecular formula is C16H12N4O2S. The third-order valence-corrected chi connectivity index (χ3v) is 5.46. The van der Waals surface area contributed by atoms with Crippen LogP contribution in [-0.2, 0) is 9.84 Å². The number of sulfone groups is 1. The van der Waals surface area contributed by atoms with Crippen LogP contribution in [0.2, 0.25) is 0 Å². The summed E-state index contributed by atoms with van der Waals surface area (Å²) in [6.07, 6.45) is 1.26. The molecule has 0 atom stereocenters. The molecule has 0 fully saturated rings. The van der Waals surface area contributed by atoms with Gasteiger partial charge in [-0.05, 0) is 24.3 Å². The second-order valence-electron chi connectivity index (χ2n) is 5.06. The molecule has 4 rings (SSSR count). The standard InChI is InChI=1S/C16H12N4O2S/c17-15-14(23(21,22)11-6-2-1-3-7-11)10-18-16-19-12-8-4-5-9-13(12)20(15)16/h1-10H,17H2. The molecule has 2 aromatic carbocycles. The van der Waals surface area contributed by atoms with Gasteiger partial charge in [0.1, 0.15) is 10.7 Å². The molecule has 0 saturated carbocycles. The third kappa shape index (κ3) is 1.97. The maximum atomic E-state index is 12.8. The molecule has 4 aromatic rings. The van der Waals surface area contributed by atoms with E-state index in [2.05, 4.69) is 9.97 Å². The molecule has 7 heteroatoms. The zero-order valence-electron chi connectivity index (χ0n) is 11.9. The lowest BCUT2D eigenvalue weighted by molar-refractivity contribution is 0.595. The summed E-state index contributed by atoms with van der Waals surface area (Å²) in [5.41, 5.74) is 7.59. The van der Waals surface area contributed by atoms with E-state index < -0.39 is 9.84 Å². The van der Waals surface area contributed by atoms with Gasteiger partial charge in [-0.2, -0.15) is 0 Å². The van der Waals surface area contributed by atoms with Crippen LogP contribution in [0.3, 0.4) is 0 Å². The molecule has 0 amide bonds. The van der Waals surface area contributed by atoms with Gasteiger partial charge in [0, 0.05) is 0 Å². The van der Waals surface area contributed by atoms with E-state index in [0.29, 0.717) is 11.3 Å². The highest BCUT2D eigenvalue weighted by Crippen LogP contribution is 2.28. The molecular weight excluding hydrogens is 312 g/mol. The second-order valence-corrected chi connectivity index (χ2v) is 6.98. The Balaban J connectivity index is 2.06. The number of nitrogen functional groups attached to an aromatic ring is 1. The van der Waals surface area contributed by atoms with Gasteiger partial charge in [0.15, 0.2) is 0 Å². The van der Waals surface area contributed by atoms with Gasteiger partial charge in [0.25, 0.3) is 0 Å². The van der Waals surface area contributed by atoms with Gasteiger partial charge in [0.05, 0.1) is 22.1 Å². The lowest BCUT2D eigenvalue weighted by Gasteiger charge is -2.09. The van der Waals surface area contributed by atoms with Gasteiger partial charge >= 0.3 is 0 Å². The molecule has 0 aliphatic carbocycles. The Morgan fingerprint density at radius 1 is 0.957 bits per heavy atom. The minimum Gasteiger partial charge on any atom is -0.384 e. The van der Waals surface area contributed by atoms with Crippen molar-refractivity contribution >= 4 is 32.5 Å². The number of nitrogens with two attached hydrogens (primary N) is 1. The summed E-state index contributed by atoms with van der Waals surface area (Å²) in [4.78, 5) is 8.66. The Bertz CT molecular complexity index is 1130. The fourth-order valence-electron chi connectivity index (χ4n) is 2.56. The first kappa shape index (κ1) is 13.7. The number of aromatic nitrogens is 3. The van der Waals surface area contributed by atoms with Crippen LogP contribution in [0, 0.1) is 0 Å². The van der Waals surface area contributed by atoms with E-state index in [1.165, 1.54) is 18.3 Å². The van der Waals surface area contributed by atoms with E-state index in [4.69, 9.17) is 5.73 Å². The van der Waals surface area contributed by atoms with Gasteiger partial charge in [-0.3, -0.25) is 4.40 Å². The van der Waals surface area contributed by atoms with Crippen molar-refractivity contribution in [2.75, 3.05) is 5.73 Å². The number of nitrogens with zero attached hydrogens (tertiary/aromatic N) is 3. The van der Waals surface area contributed by atoms with Gasteiger partial charge < -0.3 is 5.73 Å². The maximum Gasteiger partial charge on any atom is 0.236 e. The Hall–Kier alpha value is -2.93. The molecule has 0 bridgehead atoms. The molecule has 0 aliphatic rings. The summed E-state index contributed by atoms with van der Waals surface area (Å²) in [6, 6.07) is 15.5. The fraction of sp³-hybridized carbons (Fsp3) is 0. The molecule has 2 aromatic heterocycles. The summed E-state index contributed by atoms with van der Waals surface area (Å²) in [7, 11) is -3.74. The molecule has 0 unspecified atom stereocenters. The highest BCUT2D eigenvalue weighted by atomic mass is 32.2. The maximum absolute atomic E-state index is 12.8. The minimum atomic E-state index is -3.74. The van der Waals surface area contributed by atoms with Crippen LogP contribution in [0.4, 0.5) is 5.82 Å². The molecule has 6 nitrogen and oxygen atoms in total. The number of benzene rings is 2. The summed E-state index contributed by atoms with van der Waals surface area (Å²) >= 11 is 0.